The first kappa shape index (κ1) is 28.2. The van der Waals surface area contributed by atoms with Crippen LogP contribution in [0.4, 0.5) is 0 Å². The summed E-state index contributed by atoms with van der Waals surface area (Å²) < 4.78 is 6.54. The minimum atomic E-state index is 0.904. The van der Waals surface area contributed by atoms with Crippen molar-refractivity contribution in [1.29, 1.82) is 0 Å². The summed E-state index contributed by atoms with van der Waals surface area (Å²) in [6.45, 7) is 0. The molecule has 0 N–H and O–H groups in total. The Bertz CT molecular complexity index is 3140. The van der Waals surface area contributed by atoms with Gasteiger partial charge in [0.2, 0.25) is 0 Å². The number of furan rings is 1. The lowest BCUT2D eigenvalue weighted by Crippen LogP contribution is -1.93. The second-order valence-corrected chi connectivity index (χ2v) is 13.6. The molecule has 0 bridgehead atoms. The Morgan fingerprint density at radius 2 is 0.765 bits per heavy atom. The molecular formula is C50H30O. The number of hydrogen-bond donors (Lipinski definition) is 0. The van der Waals surface area contributed by atoms with Gasteiger partial charge in [0.05, 0.1) is 0 Å². The van der Waals surface area contributed by atoms with Crippen LogP contribution in [0.1, 0.15) is 0 Å². The Morgan fingerprint density at radius 1 is 0.255 bits per heavy atom. The summed E-state index contributed by atoms with van der Waals surface area (Å²) in [6, 6.07) is 66.3. The predicted octanol–water partition coefficient (Wildman–Crippen LogP) is 14.4. The van der Waals surface area contributed by atoms with Crippen LogP contribution in [0.15, 0.2) is 186 Å². The Balaban J connectivity index is 1.23. The summed E-state index contributed by atoms with van der Waals surface area (Å²) in [4.78, 5) is 0. The third kappa shape index (κ3) is 4.16. The SMILES string of the molecule is c1ccc(-c2cccc3oc4cc5ccccc5cc4c23)c(-c2c3ccccc3c(-c3cccc4c3ccc3ccccc34)c3ccccc23)c1. The van der Waals surface area contributed by atoms with Crippen molar-refractivity contribution in [1.82, 2.24) is 0 Å². The molecule has 1 nitrogen and oxygen atoms in total. The van der Waals surface area contributed by atoms with Crippen LogP contribution >= 0.6 is 0 Å². The molecule has 0 saturated carbocycles. The zero-order valence-corrected chi connectivity index (χ0v) is 27.7. The minimum Gasteiger partial charge on any atom is -0.456 e. The minimum absolute atomic E-state index is 0.904. The molecule has 51 heavy (non-hydrogen) atoms. The maximum atomic E-state index is 6.54. The number of hydrogen-bond acceptors (Lipinski definition) is 1. The van der Waals surface area contributed by atoms with Gasteiger partial charge in [-0.25, -0.2) is 0 Å². The lowest BCUT2D eigenvalue weighted by Gasteiger charge is -2.20. The van der Waals surface area contributed by atoms with E-state index in [0.29, 0.717) is 0 Å². The molecular weight excluding hydrogens is 617 g/mol. The summed E-state index contributed by atoms with van der Waals surface area (Å²) in [7, 11) is 0. The predicted molar refractivity (Wildman–Crippen MR) is 218 cm³/mol. The largest absolute Gasteiger partial charge is 0.456 e. The average Bonchev–Trinajstić information content (AvgIpc) is 3.56. The molecule has 0 unspecified atom stereocenters. The third-order valence-electron chi connectivity index (χ3n) is 10.8. The van der Waals surface area contributed by atoms with Crippen LogP contribution in [0.5, 0.6) is 0 Å². The Morgan fingerprint density at radius 3 is 1.49 bits per heavy atom. The van der Waals surface area contributed by atoms with E-state index in [1.807, 2.05) is 0 Å². The normalized spacial score (nSPS) is 11.9. The molecule has 10 aromatic carbocycles. The Labute approximate surface area is 294 Å². The van der Waals surface area contributed by atoms with Gasteiger partial charge in [0, 0.05) is 10.8 Å². The first-order valence-corrected chi connectivity index (χ1v) is 17.6. The van der Waals surface area contributed by atoms with Gasteiger partial charge in [0.25, 0.3) is 0 Å². The number of fused-ring (bicyclic) bond motifs is 9. The van der Waals surface area contributed by atoms with Crippen LogP contribution in [0.2, 0.25) is 0 Å². The highest BCUT2D eigenvalue weighted by Gasteiger charge is 2.22. The van der Waals surface area contributed by atoms with Crippen LogP contribution in [-0.4, -0.2) is 0 Å². The van der Waals surface area contributed by atoms with Gasteiger partial charge in [-0.15, -0.1) is 0 Å². The van der Waals surface area contributed by atoms with Crippen LogP contribution in [0.25, 0.3) is 109 Å². The summed E-state index contributed by atoms with van der Waals surface area (Å²) in [5.41, 5.74) is 9.18. The lowest BCUT2D eigenvalue weighted by molar-refractivity contribution is 0.669. The van der Waals surface area contributed by atoms with Crippen molar-refractivity contribution in [3.8, 4) is 33.4 Å². The van der Waals surface area contributed by atoms with E-state index >= 15 is 0 Å². The molecule has 0 spiro atoms. The van der Waals surface area contributed by atoms with E-state index in [9.17, 15) is 0 Å². The fraction of sp³-hybridized carbons (Fsp3) is 0. The van der Waals surface area contributed by atoms with Gasteiger partial charge in [-0.2, -0.15) is 0 Å². The summed E-state index contributed by atoms with van der Waals surface area (Å²) in [5.74, 6) is 0. The van der Waals surface area contributed by atoms with E-state index < -0.39 is 0 Å². The van der Waals surface area contributed by atoms with Crippen molar-refractivity contribution in [3.63, 3.8) is 0 Å². The van der Waals surface area contributed by atoms with Gasteiger partial charge in [-0.05, 0) is 105 Å². The van der Waals surface area contributed by atoms with E-state index in [-0.39, 0.29) is 0 Å². The van der Waals surface area contributed by atoms with Gasteiger partial charge in [0.15, 0.2) is 0 Å². The van der Waals surface area contributed by atoms with Gasteiger partial charge in [0.1, 0.15) is 11.2 Å². The van der Waals surface area contributed by atoms with Gasteiger partial charge >= 0.3 is 0 Å². The second-order valence-electron chi connectivity index (χ2n) is 13.6. The fourth-order valence-corrected chi connectivity index (χ4v) is 8.64. The molecule has 0 aliphatic carbocycles. The van der Waals surface area contributed by atoms with Crippen molar-refractivity contribution < 1.29 is 4.42 Å². The van der Waals surface area contributed by atoms with Crippen molar-refractivity contribution in [2.45, 2.75) is 0 Å². The lowest BCUT2D eigenvalue weighted by atomic mass is 9.82. The van der Waals surface area contributed by atoms with E-state index in [4.69, 9.17) is 4.42 Å². The summed E-state index contributed by atoms with van der Waals surface area (Å²) in [5, 5.41) is 14.8. The molecule has 0 aliphatic rings. The standard InChI is InChI=1S/C50H30O/c1-2-15-33-30-47-45(29-32(33)14-1)50-40(25-12-26-46(50)51-47)36-17-5-6-18-38(36)48-41-19-7-9-21-43(41)49(44-22-10-8-20-42(44)48)39-24-11-23-35-34-16-4-3-13-31(34)27-28-37(35)39/h1-30H. The van der Waals surface area contributed by atoms with Crippen molar-refractivity contribution >= 4 is 75.8 Å². The highest BCUT2D eigenvalue weighted by Crippen LogP contribution is 2.49. The van der Waals surface area contributed by atoms with Crippen LogP contribution < -0.4 is 0 Å². The molecule has 11 aromatic rings. The molecule has 1 heterocycles. The van der Waals surface area contributed by atoms with E-state index in [0.717, 1.165) is 21.9 Å². The zero-order chi connectivity index (χ0) is 33.5. The van der Waals surface area contributed by atoms with Crippen molar-refractivity contribution in [2.75, 3.05) is 0 Å². The van der Waals surface area contributed by atoms with Crippen LogP contribution in [-0.2, 0) is 0 Å². The molecule has 0 aliphatic heterocycles. The number of rotatable bonds is 3. The topological polar surface area (TPSA) is 13.1 Å². The maximum Gasteiger partial charge on any atom is 0.136 e. The molecule has 1 aromatic heterocycles. The van der Waals surface area contributed by atoms with E-state index in [2.05, 4.69) is 182 Å². The average molecular weight is 647 g/mol. The first-order chi connectivity index (χ1) is 25.3. The molecule has 0 amide bonds. The second kappa shape index (κ2) is 10.9. The molecule has 1 heteroatoms. The van der Waals surface area contributed by atoms with Gasteiger partial charge in [-0.3, -0.25) is 0 Å². The van der Waals surface area contributed by atoms with Gasteiger partial charge in [-0.1, -0.05) is 164 Å². The third-order valence-corrected chi connectivity index (χ3v) is 10.8. The Hall–Kier alpha value is -6.70. The molecule has 11 rings (SSSR count). The Kier molecular flexibility index (Phi) is 6.02. The number of benzene rings is 10. The molecule has 236 valence electrons. The van der Waals surface area contributed by atoms with Crippen molar-refractivity contribution in [3.05, 3.63) is 182 Å². The van der Waals surface area contributed by atoms with Crippen LogP contribution in [0, 0.1) is 0 Å². The summed E-state index contributed by atoms with van der Waals surface area (Å²) in [6.07, 6.45) is 0. The quantitative estimate of drug-likeness (QED) is 0.138. The molecule has 0 atom stereocenters. The summed E-state index contributed by atoms with van der Waals surface area (Å²) >= 11 is 0. The highest BCUT2D eigenvalue weighted by atomic mass is 16.3. The van der Waals surface area contributed by atoms with Crippen LogP contribution in [0.3, 0.4) is 0 Å². The fourth-order valence-electron chi connectivity index (χ4n) is 8.64. The van der Waals surface area contributed by atoms with Crippen molar-refractivity contribution in [2.24, 2.45) is 0 Å². The molecule has 0 radical (unpaired) electrons. The van der Waals surface area contributed by atoms with E-state index in [1.54, 1.807) is 0 Å². The van der Waals surface area contributed by atoms with Gasteiger partial charge < -0.3 is 4.42 Å². The van der Waals surface area contributed by atoms with E-state index in [1.165, 1.54) is 87.2 Å². The smallest absolute Gasteiger partial charge is 0.136 e. The maximum absolute atomic E-state index is 6.54. The first-order valence-electron chi connectivity index (χ1n) is 17.6. The zero-order valence-electron chi connectivity index (χ0n) is 27.7. The molecule has 0 saturated heterocycles. The molecule has 0 fully saturated rings. The monoisotopic (exact) mass is 646 g/mol. The highest BCUT2D eigenvalue weighted by molar-refractivity contribution is 6.26.